The minimum atomic E-state index is -1.06. The number of carbonyl (C=O) groups excluding carboxylic acids is 7. The summed E-state index contributed by atoms with van der Waals surface area (Å²) in [5.41, 5.74) is 0. The first-order chi connectivity index (χ1) is 21.6. The molecule has 0 unspecified atom stereocenters. The molecular weight excluding hydrogens is 606 g/mol. The average molecular weight is 668 g/mol. The van der Waals surface area contributed by atoms with Crippen LogP contribution in [0.2, 0.25) is 0 Å². The van der Waals surface area contributed by atoms with Gasteiger partial charge in [0.05, 0.1) is 0 Å². The largest absolute Gasteiger partial charge is 0.357 e. The number of rotatable bonds is 18. The molecule has 7 N–H and O–H groups in total. The zero-order valence-electron chi connectivity index (χ0n) is 30.8. The summed E-state index contributed by atoms with van der Waals surface area (Å²) >= 11 is 0. The smallest absolute Gasteiger partial charge is 0.243 e. The minimum absolute atomic E-state index is 0.203. The van der Waals surface area contributed by atoms with Crippen molar-refractivity contribution in [2.45, 2.75) is 126 Å². The number of likely N-dealkylation sites (N-methyl/N-ethyl adjacent to an activating group) is 1. The van der Waals surface area contributed by atoms with E-state index in [1.807, 2.05) is 0 Å². The number of hydrogen-bond donors (Lipinski definition) is 7. The first-order valence-electron chi connectivity index (χ1n) is 16.6. The molecule has 0 rings (SSSR count). The quantitative estimate of drug-likeness (QED) is 0.111. The summed E-state index contributed by atoms with van der Waals surface area (Å²) in [7, 11) is 1.48. The van der Waals surface area contributed by atoms with Crippen molar-refractivity contribution >= 4 is 41.4 Å². The summed E-state index contributed by atoms with van der Waals surface area (Å²) in [6.07, 6.45) is 0. The molecule has 0 aliphatic heterocycles. The molecule has 47 heavy (non-hydrogen) atoms. The van der Waals surface area contributed by atoms with Gasteiger partial charge < -0.3 is 37.2 Å². The van der Waals surface area contributed by atoms with Gasteiger partial charge in [0, 0.05) is 14.0 Å². The molecule has 14 heteroatoms. The molecule has 0 aliphatic carbocycles. The molecule has 14 nitrogen and oxygen atoms in total. The molecule has 0 saturated heterocycles. The van der Waals surface area contributed by atoms with E-state index in [4.69, 9.17) is 0 Å². The number of carbonyl (C=O) groups is 7. The summed E-state index contributed by atoms with van der Waals surface area (Å²) in [5.74, 6) is -5.52. The molecule has 0 aromatic rings. The van der Waals surface area contributed by atoms with Crippen molar-refractivity contribution < 1.29 is 33.6 Å². The van der Waals surface area contributed by atoms with E-state index in [2.05, 4.69) is 37.2 Å². The Labute approximate surface area is 280 Å². The standard InChI is InChI=1S/C33H61N7O7/c1-15(2)22(28(42)34-14)36-30(44)24(17(5)6)38-32(46)26(19(9)10)40-33(47)27(20(11)12)39-31(45)25(18(7)8)37-29(43)23(16(3)4)35-21(13)41/h15-20,22-27H,1-14H3,(H,34,42)(H,35,41)(H,36,44)(H,37,43)(H,38,46)(H,39,45)(H,40,47)/t22-,23-,24-,25-,26-,27-/m0/s1. The van der Waals surface area contributed by atoms with Crippen molar-refractivity contribution in [1.29, 1.82) is 0 Å². The van der Waals surface area contributed by atoms with E-state index in [9.17, 15) is 33.6 Å². The fourth-order valence-corrected chi connectivity index (χ4v) is 4.80. The Kier molecular flexibility index (Phi) is 18.3. The Balaban J connectivity index is 5.97. The molecule has 6 atom stereocenters. The first kappa shape index (κ1) is 43.3. The number of nitrogens with one attached hydrogen (secondary N) is 7. The average Bonchev–Trinajstić information content (AvgIpc) is 2.95. The van der Waals surface area contributed by atoms with Gasteiger partial charge in [-0.15, -0.1) is 0 Å². The van der Waals surface area contributed by atoms with E-state index in [1.165, 1.54) is 14.0 Å². The third-order valence-electron chi connectivity index (χ3n) is 7.79. The van der Waals surface area contributed by atoms with Crippen LogP contribution in [0.5, 0.6) is 0 Å². The van der Waals surface area contributed by atoms with Gasteiger partial charge in [-0.2, -0.15) is 0 Å². The lowest BCUT2D eigenvalue weighted by atomic mass is 9.96. The Morgan fingerprint density at radius 3 is 0.638 bits per heavy atom. The third kappa shape index (κ3) is 13.9. The lowest BCUT2D eigenvalue weighted by molar-refractivity contribution is -0.137. The summed E-state index contributed by atoms with van der Waals surface area (Å²) < 4.78 is 0. The van der Waals surface area contributed by atoms with Crippen LogP contribution in [0.25, 0.3) is 0 Å². The SMILES string of the molecule is CNC(=O)[C@@H](NC(=O)[C@@H](NC(=O)[C@@H](NC(=O)[C@@H](NC(=O)[C@@H](NC(=O)[C@@H](NC(C)=O)C(C)C)C(C)C)C(C)C)C(C)C)C(C)C)C(C)C. The maximum atomic E-state index is 13.6. The van der Waals surface area contributed by atoms with Crippen molar-refractivity contribution in [2.75, 3.05) is 7.05 Å². The lowest BCUT2D eigenvalue weighted by Gasteiger charge is -2.31. The van der Waals surface area contributed by atoms with Gasteiger partial charge in [-0.3, -0.25) is 33.6 Å². The van der Waals surface area contributed by atoms with Gasteiger partial charge in [-0.1, -0.05) is 83.1 Å². The number of hydrogen-bond acceptors (Lipinski definition) is 7. The predicted octanol–water partition coefficient (Wildman–Crippen LogP) is 0.597. The van der Waals surface area contributed by atoms with Gasteiger partial charge in [0.1, 0.15) is 36.3 Å². The summed E-state index contributed by atoms with van der Waals surface area (Å²) in [6.45, 7) is 22.4. The van der Waals surface area contributed by atoms with Crippen LogP contribution in [0.3, 0.4) is 0 Å². The van der Waals surface area contributed by atoms with Gasteiger partial charge in [-0.05, 0) is 35.5 Å². The molecule has 0 heterocycles. The van der Waals surface area contributed by atoms with Crippen LogP contribution in [0.15, 0.2) is 0 Å². The molecule has 7 amide bonds. The van der Waals surface area contributed by atoms with Crippen LogP contribution in [0, 0.1) is 35.5 Å². The van der Waals surface area contributed by atoms with Crippen LogP contribution in [-0.4, -0.2) is 84.6 Å². The Hall–Kier alpha value is -3.71. The molecule has 0 radical (unpaired) electrons. The summed E-state index contributed by atoms with van der Waals surface area (Å²) in [6, 6.07) is -5.77. The Morgan fingerprint density at radius 2 is 0.489 bits per heavy atom. The molecule has 0 spiro atoms. The van der Waals surface area contributed by atoms with Crippen molar-refractivity contribution in [2.24, 2.45) is 35.5 Å². The third-order valence-corrected chi connectivity index (χ3v) is 7.79. The van der Waals surface area contributed by atoms with E-state index in [0.29, 0.717) is 0 Å². The first-order valence-corrected chi connectivity index (χ1v) is 16.6. The van der Waals surface area contributed by atoms with E-state index in [1.54, 1.807) is 83.1 Å². The Morgan fingerprint density at radius 1 is 0.319 bits per heavy atom. The van der Waals surface area contributed by atoms with E-state index in [-0.39, 0.29) is 35.5 Å². The highest BCUT2D eigenvalue weighted by atomic mass is 16.2. The monoisotopic (exact) mass is 667 g/mol. The summed E-state index contributed by atoms with van der Waals surface area (Å²) in [4.78, 5) is 90.8. The van der Waals surface area contributed by atoms with Gasteiger partial charge in [0.2, 0.25) is 41.4 Å². The maximum absolute atomic E-state index is 13.6. The zero-order valence-corrected chi connectivity index (χ0v) is 30.8. The molecule has 0 aromatic carbocycles. The molecule has 270 valence electrons. The molecule has 0 aromatic heterocycles. The number of amides is 7. The second-order valence-electron chi connectivity index (χ2n) is 14.2. The fraction of sp³-hybridized carbons (Fsp3) is 0.788. The van der Waals surface area contributed by atoms with Gasteiger partial charge in [0.15, 0.2) is 0 Å². The highest BCUT2D eigenvalue weighted by Gasteiger charge is 2.36. The van der Waals surface area contributed by atoms with E-state index >= 15 is 0 Å². The zero-order chi connectivity index (χ0) is 36.9. The highest BCUT2D eigenvalue weighted by molar-refractivity contribution is 5.97. The second-order valence-corrected chi connectivity index (χ2v) is 14.2. The van der Waals surface area contributed by atoms with Crippen LogP contribution in [0.4, 0.5) is 0 Å². The van der Waals surface area contributed by atoms with Crippen molar-refractivity contribution in [1.82, 2.24) is 37.2 Å². The second kappa shape index (κ2) is 19.8. The molecular formula is C33H61N7O7. The van der Waals surface area contributed by atoms with Gasteiger partial charge in [-0.25, -0.2) is 0 Å². The fourth-order valence-electron chi connectivity index (χ4n) is 4.80. The molecule has 0 aliphatic rings. The Bertz CT molecular complexity index is 1100. The van der Waals surface area contributed by atoms with Crippen LogP contribution in [0.1, 0.15) is 90.0 Å². The molecule has 0 fully saturated rings. The lowest BCUT2D eigenvalue weighted by Crippen LogP contribution is -2.62. The molecule has 0 bridgehead atoms. The normalized spacial score (nSPS) is 15.4. The van der Waals surface area contributed by atoms with Crippen molar-refractivity contribution in [3.05, 3.63) is 0 Å². The van der Waals surface area contributed by atoms with Gasteiger partial charge >= 0.3 is 0 Å². The van der Waals surface area contributed by atoms with Crippen LogP contribution >= 0.6 is 0 Å². The van der Waals surface area contributed by atoms with Crippen molar-refractivity contribution in [3.8, 4) is 0 Å². The minimum Gasteiger partial charge on any atom is -0.357 e. The topological polar surface area (TPSA) is 204 Å². The van der Waals surface area contributed by atoms with Gasteiger partial charge in [0.25, 0.3) is 0 Å². The van der Waals surface area contributed by atoms with Crippen molar-refractivity contribution in [3.63, 3.8) is 0 Å². The highest BCUT2D eigenvalue weighted by Crippen LogP contribution is 2.12. The maximum Gasteiger partial charge on any atom is 0.243 e. The van der Waals surface area contributed by atoms with Crippen LogP contribution < -0.4 is 37.2 Å². The van der Waals surface area contributed by atoms with Crippen LogP contribution in [-0.2, 0) is 33.6 Å². The molecule has 0 saturated carbocycles. The predicted molar refractivity (Wildman–Crippen MR) is 180 cm³/mol. The summed E-state index contributed by atoms with van der Waals surface area (Å²) in [5, 5.41) is 18.8. The van der Waals surface area contributed by atoms with E-state index < -0.39 is 77.6 Å². The van der Waals surface area contributed by atoms with E-state index in [0.717, 1.165) is 0 Å².